The van der Waals surface area contributed by atoms with Gasteiger partial charge in [0.05, 0.1) is 6.61 Å². The predicted molar refractivity (Wildman–Crippen MR) is 95.7 cm³/mol. The van der Waals surface area contributed by atoms with Crippen LogP contribution in [-0.4, -0.2) is 47.3 Å². The zero-order chi connectivity index (χ0) is 17.8. The molecule has 0 radical (unpaired) electrons. The van der Waals surface area contributed by atoms with Gasteiger partial charge < -0.3 is 19.5 Å². The lowest BCUT2D eigenvalue weighted by atomic mass is 10.0. The summed E-state index contributed by atoms with van der Waals surface area (Å²) in [6.07, 6.45) is 7.05. The number of anilines is 1. The fourth-order valence-electron chi connectivity index (χ4n) is 3.10. The van der Waals surface area contributed by atoms with Crippen molar-refractivity contribution in [3.8, 4) is 0 Å². The van der Waals surface area contributed by atoms with Crippen molar-refractivity contribution in [1.29, 1.82) is 0 Å². The van der Waals surface area contributed by atoms with E-state index in [9.17, 15) is 9.59 Å². The van der Waals surface area contributed by atoms with Crippen LogP contribution in [0.1, 0.15) is 39.5 Å². The normalized spacial score (nSPS) is 19.7. The van der Waals surface area contributed by atoms with Gasteiger partial charge in [-0.05, 0) is 45.4 Å². The first kappa shape index (κ1) is 17.9. The molecule has 1 saturated heterocycles. The van der Waals surface area contributed by atoms with Gasteiger partial charge in [-0.2, -0.15) is 0 Å². The van der Waals surface area contributed by atoms with E-state index in [-0.39, 0.29) is 17.5 Å². The maximum atomic E-state index is 12.4. The van der Waals surface area contributed by atoms with E-state index in [0.717, 1.165) is 25.9 Å². The molecule has 0 unspecified atom stereocenters. The second-order valence-corrected chi connectivity index (χ2v) is 7.03. The molecule has 1 aliphatic heterocycles. The summed E-state index contributed by atoms with van der Waals surface area (Å²) < 4.78 is 7.29. The van der Waals surface area contributed by atoms with Crippen molar-refractivity contribution in [3.63, 3.8) is 0 Å². The number of aromatic nitrogens is 2. The van der Waals surface area contributed by atoms with E-state index in [0.29, 0.717) is 24.9 Å². The monoisotopic (exact) mass is 348 g/mol. The highest BCUT2D eigenvalue weighted by atomic mass is 16.5. The molecule has 1 aromatic rings. The zero-order valence-electron chi connectivity index (χ0n) is 15.1. The average molecular weight is 348 g/mol. The van der Waals surface area contributed by atoms with Gasteiger partial charge in [0.15, 0.2) is 5.82 Å². The molecule has 3 rings (SSSR count). The summed E-state index contributed by atoms with van der Waals surface area (Å²) in [6.45, 7) is 6.53. The second kappa shape index (κ2) is 7.99. The fourth-order valence-corrected chi connectivity index (χ4v) is 3.10. The molecule has 2 heterocycles. The third-order valence-corrected chi connectivity index (χ3v) is 5.03. The van der Waals surface area contributed by atoms with Gasteiger partial charge in [-0.15, -0.1) is 0 Å². The van der Waals surface area contributed by atoms with Crippen LogP contribution in [0.4, 0.5) is 5.82 Å². The third-order valence-electron chi connectivity index (χ3n) is 5.03. The molecule has 1 N–H and O–H groups in total. The molecule has 0 bridgehead atoms. The Labute approximate surface area is 148 Å². The van der Waals surface area contributed by atoms with Crippen molar-refractivity contribution in [2.45, 2.75) is 58.2 Å². The quantitative estimate of drug-likeness (QED) is 0.800. The van der Waals surface area contributed by atoms with Crippen molar-refractivity contribution >= 4 is 11.7 Å². The van der Waals surface area contributed by atoms with E-state index in [1.165, 1.54) is 12.8 Å². The summed E-state index contributed by atoms with van der Waals surface area (Å²) in [5, 5.41) is 3.08. The van der Waals surface area contributed by atoms with Gasteiger partial charge in [0, 0.05) is 38.1 Å². The molecule has 2 fully saturated rings. The molecular formula is C18H28N4O3. The van der Waals surface area contributed by atoms with Crippen LogP contribution in [0.5, 0.6) is 0 Å². The molecule has 138 valence electrons. The Morgan fingerprint density at radius 1 is 1.36 bits per heavy atom. The van der Waals surface area contributed by atoms with E-state index in [1.807, 2.05) is 18.7 Å². The van der Waals surface area contributed by atoms with Crippen LogP contribution in [-0.2, 0) is 16.1 Å². The topological polar surface area (TPSA) is 76.5 Å². The molecule has 2 aliphatic rings. The van der Waals surface area contributed by atoms with Crippen LogP contribution in [0.15, 0.2) is 17.2 Å². The Hall–Kier alpha value is -1.89. The van der Waals surface area contributed by atoms with E-state index in [1.54, 1.807) is 17.0 Å². The van der Waals surface area contributed by atoms with E-state index < -0.39 is 6.10 Å². The van der Waals surface area contributed by atoms with Gasteiger partial charge in [0.1, 0.15) is 6.10 Å². The average Bonchev–Trinajstić information content (AvgIpc) is 3.45. The van der Waals surface area contributed by atoms with E-state index >= 15 is 0 Å². The summed E-state index contributed by atoms with van der Waals surface area (Å²) >= 11 is 0. The summed E-state index contributed by atoms with van der Waals surface area (Å²) in [7, 11) is 0. The van der Waals surface area contributed by atoms with E-state index in [2.05, 4.69) is 10.3 Å². The minimum Gasteiger partial charge on any atom is -0.368 e. The van der Waals surface area contributed by atoms with Gasteiger partial charge >= 0.3 is 0 Å². The summed E-state index contributed by atoms with van der Waals surface area (Å²) in [4.78, 5) is 30.8. The Bertz CT molecular complexity index is 648. The summed E-state index contributed by atoms with van der Waals surface area (Å²) in [5.41, 5.74) is -0.0467. The van der Waals surface area contributed by atoms with Crippen LogP contribution >= 0.6 is 0 Å². The van der Waals surface area contributed by atoms with Crippen molar-refractivity contribution < 1.29 is 9.53 Å². The van der Waals surface area contributed by atoms with Gasteiger partial charge in [0.25, 0.3) is 5.56 Å². The van der Waals surface area contributed by atoms with Gasteiger partial charge in [0.2, 0.25) is 5.91 Å². The number of ether oxygens (including phenoxy) is 1. The Morgan fingerprint density at radius 2 is 2.08 bits per heavy atom. The van der Waals surface area contributed by atoms with Crippen molar-refractivity contribution in [1.82, 2.24) is 14.9 Å². The van der Waals surface area contributed by atoms with Crippen molar-refractivity contribution in [3.05, 3.63) is 22.7 Å². The highest BCUT2D eigenvalue weighted by Gasteiger charge is 2.27. The molecule has 0 spiro atoms. The number of carbonyl (C=O) groups excluding carboxylic acids is 1. The lowest BCUT2D eigenvalue weighted by Crippen LogP contribution is -2.48. The summed E-state index contributed by atoms with van der Waals surface area (Å²) in [5.74, 6) is 1.13. The molecule has 1 aromatic heterocycles. The lowest BCUT2D eigenvalue weighted by molar-refractivity contribution is -0.132. The lowest BCUT2D eigenvalue weighted by Gasteiger charge is -2.33. The molecule has 0 aromatic carbocycles. The number of nitrogens with one attached hydrogen (secondary N) is 1. The number of nitrogens with zero attached hydrogens (tertiary/aromatic N) is 3. The molecular weight excluding hydrogens is 320 g/mol. The number of rotatable bonds is 7. The smallest absolute Gasteiger partial charge is 0.293 e. The first-order valence-electron chi connectivity index (χ1n) is 9.30. The Morgan fingerprint density at radius 3 is 2.72 bits per heavy atom. The first-order chi connectivity index (χ1) is 12.1. The van der Waals surface area contributed by atoms with Gasteiger partial charge in [-0.25, -0.2) is 4.98 Å². The van der Waals surface area contributed by atoms with Crippen LogP contribution in [0.3, 0.4) is 0 Å². The third kappa shape index (κ3) is 4.60. The van der Waals surface area contributed by atoms with E-state index in [4.69, 9.17) is 4.74 Å². The molecule has 25 heavy (non-hydrogen) atoms. The predicted octanol–water partition coefficient (Wildman–Crippen LogP) is 1.16. The van der Waals surface area contributed by atoms with Crippen molar-refractivity contribution in [2.75, 3.05) is 24.6 Å². The molecule has 1 atom stereocenters. The highest BCUT2D eigenvalue weighted by molar-refractivity contribution is 5.80. The maximum Gasteiger partial charge on any atom is 0.293 e. The van der Waals surface area contributed by atoms with Crippen LogP contribution in [0, 0.1) is 5.92 Å². The molecule has 7 nitrogen and oxygen atoms in total. The molecule has 1 saturated carbocycles. The SMILES string of the molecule is CCn1ccnc(N2CCC(NC(=O)[C@H](C)OCC3CC3)CC2)c1=O. The van der Waals surface area contributed by atoms with Crippen LogP contribution in [0.2, 0.25) is 0 Å². The standard InChI is InChI=1S/C18H28N4O3/c1-3-21-11-8-19-16(18(21)24)22-9-6-15(7-10-22)20-17(23)13(2)25-12-14-4-5-14/h8,11,13-15H,3-7,9-10,12H2,1-2H3,(H,20,23)/t13-/m0/s1. The molecule has 7 heteroatoms. The number of hydrogen-bond donors (Lipinski definition) is 1. The first-order valence-corrected chi connectivity index (χ1v) is 9.30. The molecule has 1 aliphatic carbocycles. The minimum absolute atomic E-state index is 0.0368. The highest BCUT2D eigenvalue weighted by Crippen LogP contribution is 2.29. The Balaban J connectivity index is 1.48. The minimum atomic E-state index is -0.397. The number of aryl methyl sites for hydroxylation is 1. The number of hydrogen-bond acceptors (Lipinski definition) is 5. The number of piperidine rings is 1. The fraction of sp³-hybridized carbons (Fsp3) is 0.722. The maximum absolute atomic E-state index is 12.4. The van der Waals surface area contributed by atoms with Crippen LogP contribution < -0.4 is 15.8 Å². The second-order valence-electron chi connectivity index (χ2n) is 7.03. The van der Waals surface area contributed by atoms with Crippen LogP contribution in [0.25, 0.3) is 0 Å². The molecule has 1 amide bonds. The Kier molecular flexibility index (Phi) is 5.73. The van der Waals surface area contributed by atoms with Crippen molar-refractivity contribution in [2.24, 2.45) is 5.92 Å². The zero-order valence-corrected chi connectivity index (χ0v) is 15.1. The van der Waals surface area contributed by atoms with Gasteiger partial charge in [-0.3, -0.25) is 9.59 Å². The largest absolute Gasteiger partial charge is 0.368 e. The number of carbonyl (C=O) groups is 1. The summed E-state index contributed by atoms with van der Waals surface area (Å²) in [6, 6.07) is 0.132. The van der Waals surface area contributed by atoms with Gasteiger partial charge in [-0.1, -0.05) is 0 Å². The number of amides is 1.